The summed E-state index contributed by atoms with van der Waals surface area (Å²) in [5.74, 6) is 0.874. The highest BCUT2D eigenvalue weighted by atomic mass is 32.2. The van der Waals surface area contributed by atoms with Crippen molar-refractivity contribution in [3.63, 3.8) is 0 Å². The van der Waals surface area contributed by atoms with E-state index in [9.17, 15) is 8.42 Å². The van der Waals surface area contributed by atoms with Gasteiger partial charge < -0.3 is 4.98 Å². The third kappa shape index (κ3) is 4.88. The van der Waals surface area contributed by atoms with Gasteiger partial charge in [0.05, 0.1) is 17.1 Å². The summed E-state index contributed by atoms with van der Waals surface area (Å²) in [5.41, 5.74) is 4.14. The number of imidazole rings is 1. The molecule has 0 aliphatic carbocycles. The topological polar surface area (TPSA) is 82.2 Å². The number of aromatic nitrogens is 3. The summed E-state index contributed by atoms with van der Waals surface area (Å²) in [6.45, 7) is 2.78. The first-order chi connectivity index (χ1) is 16.1. The van der Waals surface area contributed by atoms with E-state index in [1.165, 1.54) is 4.31 Å². The van der Waals surface area contributed by atoms with E-state index in [1.54, 1.807) is 24.5 Å². The lowest BCUT2D eigenvalue weighted by atomic mass is 10.1. The number of hydrogen-bond acceptors (Lipinski definition) is 5. The largest absolute Gasteiger partial charge is 0.348 e. The van der Waals surface area contributed by atoms with Gasteiger partial charge in [-0.15, -0.1) is 0 Å². The average Bonchev–Trinajstić information content (AvgIpc) is 3.50. The quantitative estimate of drug-likeness (QED) is 0.434. The number of aromatic amines is 1. The molecule has 4 aromatic rings. The van der Waals surface area contributed by atoms with Crippen molar-refractivity contribution in [3.05, 3.63) is 114 Å². The summed E-state index contributed by atoms with van der Waals surface area (Å²) >= 11 is 0. The number of fused-ring (bicyclic) bond motifs is 1. The highest BCUT2D eigenvalue weighted by Gasteiger charge is 2.30. The predicted octanol–water partition coefficient (Wildman–Crippen LogP) is 3.71. The number of benzene rings is 2. The Morgan fingerprint density at radius 3 is 2.18 bits per heavy atom. The van der Waals surface area contributed by atoms with Crippen LogP contribution in [0.1, 0.15) is 28.2 Å². The van der Waals surface area contributed by atoms with Crippen LogP contribution in [0.4, 0.5) is 0 Å². The van der Waals surface area contributed by atoms with Gasteiger partial charge in [-0.2, -0.15) is 4.31 Å². The lowest BCUT2D eigenvalue weighted by Crippen LogP contribution is -2.26. The van der Waals surface area contributed by atoms with E-state index in [1.807, 2.05) is 60.8 Å². The van der Waals surface area contributed by atoms with Gasteiger partial charge in [0, 0.05) is 44.8 Å². The fourth-order valence-corrected chi connectivity index (χ4v) is 5.53. The normalized spacial score (nSPS) is 14.0. The Labute approximate surface area is 193 Å². The summed E-state index contributed by atoms with van der Waals surface area (Å²) in [6.07, 6.45) is 5.34. The molecule has 2 aromatic carbocycles. The molecule has 2 aromatic heterocycles. The number of pyridine rings is 1. The van der Waals surface area contributed by atoms with E-state index < -0.39 is 10.0 Å². The molecule has 0 saturated heterocycles. The summed E-state index contributed by atoms with van der Waals surface area (Å²) in [5, 5.41) is 0. The Balaban J connectivity index is 1.31. The number of rotatable bonds is 8. The zero-order chi connectivity index (χ0) is 22.7. The molecule has 7 nitrogen and oxygen atoms in total. The summed E-state index contributed by atoms with van der Waals surface area (Å²) in [7, 11) is -3.55. The molecular formula is C25H25N5O2S. The number of sulfonamides is 1. The van der Waals surface area contributed by atoms with Gasteiger partial charge in [-0.05, 0) is 41.0 Å². The summed E-state index contributed by atoms with van der Waals surface area (Å²) < 4.78 is 27.9. The molecule has 0 unspecified atom stereocenters. The lowest BCUT2D eigenvalue weighted by Gasteiger charge is -2.21. The van der Waals surface area contributed by atoms with Crippen LogP contribution < -0.4 is 0 Å². The van der Waals surface area contributed by atoms with Gasteiger partial charge in [0.2, 0.25) is 10.0 Å². The van der Waals surface area contributed by atoms with Crippen LogP contribution in [0.5, 0.6) is 0 Å². The molecule has 1 N–H and O–H groups in total. The van der Waals surface area contributed by atoms with Gasteiger partial charge >= 0.3 is 0 Å². The smallest absolute Gasteiger partial charge is 0.243 e. The van der Waals surface area contributed by atoms with Gasteiger partial charge in [0.1, 0.15) is 5.82 Å². The van der Waals surface area contributed by atoms with Crippen molar-refractivity contribution >= 4 is 10.0 Å². The van der Waals surface area contributed by atoms with Crippen LogP contribution in [0, 0.1) is 0 Å². The Morgan fingerprint density at radius 2 is 1.55 bits per heavy atom. The first kappa shape index (κ1) is 21.5. The lowest BCUT2D eigenvalue weighted by molar-refractivity contribution is 0.239. The molecule has 8 heteroatoms. The molecule has 0 atom stereocenters. The van der Waals surface area contributed by atoms with Crippen LogP contribution in [-0.4, -0.2) is 32.6 Å². The third-order valence-corrected chi connectivity index (χ3v) is 7.62. The second-order valence-electron chi connectivity index (χ2n) is 8.19. The standard InChI is InChI=1S/C25H25N5O2S/c31-33(32,30-16-21-5-1-2-6-22(21)17-30)24-10-8-20(9-11-24)15-29(19-25-27-13-14-28-25)18-23-7-3-4-12-26-23/h1-14H,15-19H2,(H,27,28). The van der Waals surface area contributed by atoms with E-state index >= 15 is 0 Å². The number of H-pyrrole nitrogens is 1. The molecule has 0 saturated carbocycles. The zero-order valence-electron chi connectivity index (χ0n) is 18.1. The first-order valence-corrected chi connectivity index (χ1v) is 12.3. The van der Waals surface area contributed by atoms with Crippen molar-refractivity contribution in [3.8, 4) is 0 Å². The minimum absolute atomic E-state index is 0.321. The fourth-order valence-electron chi connectivity index (χ4n) is 4.13. The van der Waals surface area contributed by atoms with Gasteiger partial charge in [-0.3, -0.25) is 9.88 Å². The van der Waals surface area contributed by atoms with E-state index in [0.29, 0.717) is 37.6 Å². The van der Waals surface area contributed by atoms with Crippen molar-refractivity contribution in [2.45, 2.75) is 37.6 Å². The van der Waals surface area contributed by atoms with Gasteiger partial charge in [0.25, 0.3) is 0 Å². The Hall–Kier alpha value is -3.33. The zero-order valence-corrected chi connectivity index (χ0v) is 18.9. The highest BCUT2D eigenvalue weighted by Crippen LogP contribution is 2.28. The fraction of sp³-hybridized carbons (Fsp3) is 0.200. The minimum Gasteiger partial charge on any atom is -0.348 e. The molecule has 168 valence electrons. The predicted molar refractivity (Wildman–Crippen MR) is 125 cm³/mol. The van der Waals surface area contributed by atoms with E-state index in [2.05, 4.69) is 19.9 Å². The number of hydrogen-bond donors (Lipinski definition) is 1. The molecule has 0 amide bonds. The van der Waals surface area contributed by atoms with Crippen molar-refractivity contribution < 1.29 is 8.42 Å². The second-order valence-corrected chi connectivity index (χ2v) is 10.1. The van der Waals surface area contributed by atoms with Crippen LogP contribution in [0.3, 0.4) is 0 Å². The Morgan fingerprint density at radius 1 is 0.818 bits per heavy atom. The average molecular weight is 460 g/mol. The maximum absolute atomic E-state index is 13.2. The monoisotopic (exact) mass is 459 g/mol. The molecule has 0 fully saturated rings. The first-order valence-electron chi connectivity index (χ1n) is 10.8. The van der Waals surface area contributed by atoms with Crippen LogP contribution in [0.25, 0.3) is 0 Å². The molecule has 1 aliphatic heterocycles. The van der Waals surface area contributed by atoms with E-state index in [0.717, 1.165) is 28.2 Å². The third-order valence-electron chi connectivity index (χ3n) is 5.82. The van der Waals surface area contributed by atoms with Crippen LogP contribution >= 0.6 is 0 Å². The number of nitrogens with one attached hydrogen (secondary N) is 1. The van der Waals surface area contributed by atoms with Crippen molar-refractivity contribution in [1.29, 1.82) is 0 Å². The summed E-state index contributed by atoms with van der Waals surface area (Å²) in [6, 6.07) is 21.0. The van der Waals surface area contributed by atoms with Gasteiger partial charge in [-0.1, -0.05) is 42.5 Å². The molecular weight excluding hydrogens is 434 g/mol. The molecule has 5 rings (SSSR count). The second kappa shape index (κ2) is 9.27. The molecule has 1 aliphatic rings. The molecule has 3 heterocycles. The highest BCUT2D eigenvalue weighted by molar-refractivity contribution is 7.89. The van der Waals surface area contributed by atoms with Gasteiger partial charge in [0.15, 0.2) is 0 Å². The maximum Gasteiger partial charge on any atom is 0.243 e. The van der Waals surface area contributed by atoms with Crippen molar-refractivity contribution in [2.75, 3.05) is 0 Å². The SMILES string of the molecule is O=S(=O)(c1ccc(CN(Cc2ccccn2)Cc2ncc[nH]2)cc1)N1Cc2ccccc2C1. The van der Waals surface area contributed by atoms with Gasteiger partial charge in [-0.25, -0.2) is 13.4 Å². The molecule has 33 heavy (non-hydrogen) atoms. The van der Waals surface area contributed by atoms with E-state index in [-0.39, 0.29) is 0 Å². The van der Waals surface area contributed by atoms with Crippen LogP contribution in [0.15, 0.2) is 90.2 Å². The van der Waals surface area contributed by atoms with Crippen molar-refractivity contribution in [1.82, 2.24) is 24.2 Å². The van der Waals surface area contributed by atoms with Crippen molar-refractivity contribution in [2.24, 2.45) is 0 Å². The minimum atomic E-state index is -3.55. The maximum atomic E-state index is 13.2. The Kier molecular flexibility index (Phi) is 6.04. The molecule has 0 bridgehead atoms. The Bertz CT molecular complexity index is 1280. The van der Waals surface area contributed by atoms with Crippen LogP contribution in [0.2, 0.25) is 0 Å². The molecule has 0 radical (unpaired) electrons. The van der Waals surface area contributed by atoms with E-state index in [4.69, 9.17) is 0 Å². The summed E-state index contributed by atoms with van der Waals surface area (Å²) in [4.78, 5) is 14.5. The van der Waals surface area contributed by atoms with Crippen LogP contribution in [-0.2, 0) is 42.7 Å². The number of nitrogens with zero attached hydrogens (tertiary/aromatic N) is 4. The molecule has 0 spiro atoms.